The Kier molecular flexibility index (Phi) is 4.20. The number of nitrogens with zero attached hydrogens (tertiary/aromatic N) is 2. The minimum Gasteiger partial charge on any atom is -0.478 e. The summed E-state index contributed by atoms with van der Waals surface area (Å²) in [6.07, 6.45) is 1.30. The third-order valence-corrected chi connectivity index (χ3v) is 3.14. The molecule has 0 bridgehead atoms. The van der Waals surface area contributed by atoms with Crippen LogP contribution in [0.1, 0.15) is 34.6 Å². The van der Waals surface area contributed by atoms with E-state index in [9.17, 15) is 4.79 Å². The molecule has 2 rings (SSSR count). The van der Waals surface area contributed by atoms with Crippen molar-refractivity contribution in [3.8, 4) is 0 Å². The first-order chi connectivity index (χ1) is 9.47. The second-order valence-electron chi connectivity index (χ2n) is 4.42. The largest absolute Gasteiger partial charge is 0.478 e. The SMILES string of the molecule is Cc1nc(NC(C)c2cccc(Cl)c2)ncc1C(=O)O. The summed E-state index contributed by atoms with van der Waals surface area (Å²) in [7, 11) is 0. The number of aromatic carboxylic acids is 1. The number of carbonyl (C=O) groups is 1. The highest BCUT2D eigenvalue weighted by Gasteiger charge is 2.12. The Labute approximate surface area is 121 Å². The molecular weight excluding hydrogens is 278 g/mol. The van der Waals surface area contributed by atoms with Crippen molar-refractivity contribution in [3.63, 3.8) is 0 Å². The summed E-state index contributed by atoms with van der Waals surface area (Å²) in [6, 6.07) is 7.44. The maximum Gasteiger partial charge on any atom is 0.339 e. The molecule has 0 saturated carbocycles. The molecule has 1 heterocycles. The number of aryl methyl sites for hydroxylation is 1. The van der Waals surface area contributed by atoms with Gasteiger partial charge in [0.25, 0.3) is 0 Å². The fraction of sp³-hybridized carbons (Fsp3) is 0.214. The fourth-order valence-corrected chi connectivity index (χ4v) is 2.00. The van der Waals surface area contributed by atoms with Gasteiger partial charge in [-0.05, 0) is 31.5 Å². The van der Waals surface area contributed by atoms with Crippen LogP contribution in [0, 0.1) is 6.92 Å². The number of nitrogens with one attached hydrogen (secondary N) is 1. The van der Waals surface area contributed by atoms with Crippen molar-refractivity contribution in [2.24, 2.45) is 0 Å². The van der Waals surface area contributed by atoms with Gasteiger partial charge in [-0.1, -0.05) is 23.7 Å². The number of hydrogen-bond donors (Lipinski definition) is 2. The predicted octanol–water partition coefficient (Wildman–Crippen LogP) is 3.31. The molecule has 0 aliphatic heterocycles. The normalized spacial score (nSPS) is 11.9. The number of carboxylic acids is 1. The molecule has 1 atom stereocenters. The maximum absolute atomic E-state index is 10.9. The average molecular weight is 292 g/mol. The van der Waals surface area contributed by atoms with E-state index in [1.54, 1.807) is 13.0 Å². The Bertz CT molecular complexity index is 646. The number of benzene rings is 1. The summed E-state index contributed by atoms with van der Waals surface area (Å²) in [4.78, 5) is 19.1. The first-order valence-electron chi connectivity index (χ1n) is 6.06. The van der Waals surface area contributed by atoms with E-state index in [-0.39, 0.29) is 11.6 Å². The van der Waals surface area contributed by atoms with Crippen molar-refractivity contribution in [3.05, 3.63) is 52.3 Å². The number of halogens is 1. The molecule has 0 radical (unpaired) electrons. The van der Waals surface area contributed by atoms with Gasteiger partial charge in [0.05, 0.1) is 17.3 Å². The average Bonchev–Trinajstić information content (AvgIpc) is 2.38. The molecular formula is C14H14ClN3O2. The van der Waals surface area contributed by atoms with E-state index in [0.29, 0.717) is 16.7 Å². The highest BCUT2D eigenvalue weighted by molar-refractivity contribution is 6.30. The van der Waals surface area contributed by atoms with Crippen molar-refractivity contribution in [2.45, 2.75) is 19.9 Å². The molecule has 1 unspecified atom stereocenters. The van der Waals surface area contributed by atoms with E-state index in [1.807, 2.05) is 25.1 Å². The summed E-state index contributed by atoms with van der Waals surface area (Å²) >= 11 is 5.95. The molecule has 0 amide bonds. The Balaban J connectivity index is 2.18. The van der Waals surface area contributed by atoms with E-state index in [1.165, 1.54) is 6.20 Å². The van der Waals surface area contributed by atoms with Crippen LogP contribution in [-0.2, 0) is 0 Å². The highest BCUT2D eigenvalue weighted by Crippen LogP contribution is 2.20. The number of hydrogen-bond acceptors (Lipinski definition) is 4. The first kappa shape index (κ1) is 14.3. The van der Waals surface area contributed by atoms with E-state index < -0.39 is 5.97 Å². The van der Waals surface area contributed by atoms with Crippen LogP contribution in [0.3, 0.4) is 0 Å². The smallest absolute Gasteiger partial charge is 0.339 e. The zero-order chi connectivity index (χ0) is 14.7. The van der Waals surface area contributed by atoms with E-state index in [0.717, 1.165) is 5.56 Å². The molecule has 0 fully saturated rings. The van der Waals surface area contributed by atoms with E-state index >= 15 is 0 Å². The van der Waals surface area contributed by atoms with Gasteiger partial charge in [-0.3, -0.25) is 0 Å². The second kappa shape index (κ2) is 5.88. The Morgan fingerprint density at radius 1 is 1.45 bits per heavy atom. The van der Waals surface area contributed by atoms with Crippen molar-refractivity contribution in [2.75, 3.05) is 5.32 Å². The van der Waals surface area contributed by atoms with Gasteiger partial charge in [0, 0.05) is 11.2 Å². The van der Waals surface area contributed by atoms with Crippen molar-refractivity contribution in [1.82, 2.24) is 9.97 Å². The summed E-state index contributed by atoms with van der Waals surface area (Å²) in [5.41, 5.74) is 1.53. The third kappa shape index (κ3) is 3.24. The minimum absolute atomic E-state index is 0.0382. The lowest BCUT2D eigenvalue weighted by Gasteiger charge is -2.15. The van der Waals surface area contributed by atoms with Crippen LogP contribution in [0.2, 0.25) is 5.02 Å². The Morgan fingerprint density at radius 2 is 2.20 bits per heavy atom. The van der Waals surface area contributed by atoms with Crippen LogP contribution in [0.5, 0.6) is 0 Å². The van der Waals surface area contributed by atoms with E-state index in [4.69, 9.17) is 16.7 Å². The predicted molar refractivity (Wildman–Crippen MR) is 77.2 cm³/mol. The highest BCUT2D eigenvalue weighted by atomic mass is 35.5. The van der Waals surface area contributed by atoms with Gasteiger partial charge in [0.15, 0.2) is 0 Å². The molecule has 0 spiro atoms. The number of carboxylic acid groups (broad SMARTS) is 1. The topological polar surface area (TPSA) is 75.1 Å². The zero-order valence-electron chi connectivity index (χ0n) is 11.1. The van der Waals surface area contributed by atoms with Gasteiger partial charge in [-0.2, -0.15) is 0 Å². The zero-order valence-corrected chi connectivity index (χ0v) is 11.8. The molecule has 2 aromatic rings. The molecule has 0 aliphatic carbocycles. The van der Waals surface area contributed by atoms with Gasteiger partial charge >= 0.3 is 5.97 Å². The molecule has 1 aromatic carbocycles. The van der Waals surface area contributed by atoms with Gasteiger partial charge in [-0.25, -0.2) is 14.8 Å². The molecule has 0 saturated heterocycles. The molecule has 6 heteroatoms. The van der Waals surface area contributed by atoms with Crippen molar-refractivity contribution < 1.29 is 9.90 Å². The number of rotatable bonds is 4. The third-order valence-electron chi connectivity index (χ3n) is 2.90. The summed E-state index contributed by atoms with van der Waals surface area (Å²) < 4.78 is 0. The molecule has 2 N–H and O–H groups in total. The molecule has 5 nitrogen and oxygen atoms in total. The monoisotopic (exact) mass is 291 g/mol. The lowest BCUT2D eigenvalue weighted by molar-refractivity contribution is 0.0695. The van der Waals surface area contributed by atoms with Crippen LogP contribution >= 0.6 is 11.6 Å². The van der Waals surface area contributed by atoms with Crippen LogP contribution < -0.4 is 5.32 Å². The van der Waals surface area contributed by atoms with Gasteiger partial charge in [0.1, 0.15) is 0 Å². The summed E-state index contributed by atoms with van der Waals surface area (Å²) in [5.74, 6) is -0.642. The first-order valence-corrected chi connectivity index (χ1v) is 6.44. The number of anilines is 1. The van der Waals surface area contributed by atoms with Gasteiger partial charge in [-0.15, -0.1) is 0 Å². The second-order valence-corrected chi connectivity index (χ2v) is 4.86. The minimum atomic E-state index is -1.03. The van der Waals surface area contributed by atoms with Gasteiger partial charge < -0.3 is 10.4 Å². The van der Waals surface area contributed by atoms with E-state index in [2.05, 4.69) is 15.3 Å². The molecule has 20 heavy (non-hydrogen) atoms. The molecule has 1 aromatic heterocycles. The van der Waals surface area contributed by atoms with Crippen LogP contribution in [-0.4, -0.2) is 21.0 Å². The lowest BCUT2D eigenvalue weighted by atomic mass is 10.1. The van der Waals surface area contributed by atoms with Crippen LogP contribution in [0.4, 0.5) is 5.95 Å². The molecule has 0 aliphatic rings. The Hall–Kier alpha value is -2.14. The number of aromatic nitrogens is 2. The van der Waals surface area contributed by atoms with Crippen molar-refractivity contribution in [1.29, 1.82) is 0 Å². The lowest BCUT2D eigenvalue weighted by Crippen LogP contribution is -2.12. The quantitative estimate of drug-likeness (QED) is 0.904. The van der Waals surface area contributed by atoms with Gasteiger partial charge in [0.2, 0.25) is 5.95 Å². The standard InChI is InChI=1S/C14H14ClN3O2/c1-8(10-4-3-5-11(15)6-10)17-14-16-7-12(13(19)20)9(2)18-14/h3-8H,1-2H3,(H,19,20)(H,16,17,18). The van der Waals surface area contributed by atoms with Crippen LogP contribution in [0.15, 0.2) is 30.5 Å². The maximum atomic E-state index is 10.9. The fourth-order valence-electron chi connectivity index (χ4n) is 1.80. The Morgan fingerprint density at radius 3 is 2.80 bits per heavy atom. The van der Waals surface area contributed by atoms with Crippen LogP contribution in [0.25, 0.3) is 0 Å². The van der Waals surface area contributed by atoms with Crippen molar-refractivity contribution >= 4 is 23.5 Å². The summed E-state index contributed by atoms with van der Waals surface area (Å²) in [6.45, 7) is 3.59. The molecule has 104 valence electrons. The summed E-state index contributed by atoms with van der Waals surface area (Å²) in [5, 5.41) is 12.7.